The van der Waals surface area contributed by atoms with Crippen LogP contribution in [0.3, 0.4) is 0 Å². The average Bonchev–Trinajstić information content (AvgIpc) is 2.52. The van der Waals surface area contributed by atoms with E-state index in [4.69, 9.17) is 0 Å². The SMILES string of the molecule is CCC(CC)(C(=O)c1ccc(F)c(F)c1)c1ccccc1. The van der Waals surface area contributed by atoms with Crippen LogP contribution >= 0.6 is 0 Å². The van der Waals surface area contributed by atoms with Gasteiger partial charge in [-0.15, -0.1) is 0 Å². The van der Waals surface area contributed by atoms with Crippen molar-refractivity contribution in [2.45, 2.75) is 32.1 Å². The molecule has 110 valence electrons. The van der Waals surface area contributed by atoms with Crippen molar-refractivity contribution in [1.82, 2.24) is 0 Å². The Morgan fingerprint density at radius 3 is 2.10 bits per heavy atom. The van der Waals surface area contributed by atoms with Gasteiger partial charge in [0.1, 0.15) is 0 Å². The molecule has 0 aliphatic heterocycles. The maximum Gasteiger partial charge on any atom is 0.173 e. The van der Waals surface area contributed by atoms with Crippen molar-refractivity contribution in [3.8, 4) is 0 Å². The Hall–Kier alpha value is -2.03. The highest BCUT2D eigenvalue weighted by atomic mass is 19.2. The number of ketones is 1. The van der Waals surface area contributed by atoms with E-state index in [1.807, 2.05) is 44.2 Å². The summed E-state index contributed by atoms with van der Waals surface area (Å²) in [7, 11) is 0. The lowest BCUT2D eigenvalue weighted by Crippen LogP contribution is -2.35. The van der Waals surface area contributed by atoms with Crippen molar-refractivity contribution >= 4 is 5.78 Å². The monoisotopic (exact) mass is 288 g/mol. The van der Waals surface area contributed by atoms with Gasteiger partial charge in [-0.1, -0.05) is 44.2 Å². The van der Waals surface area contributed by atoms with Gasteiger partial charge in [-0.25, -0.2) is 8.78 Å². The molecule has 21 heavy (non-hydrogen) atoms. The lowest BCUT2D eigenvalue weighted by molar-refractivity contribution is 0.0872. The molecule has 0 amide bonds. The highest BCUT2D eigenvalue weighted by Crippen LogP contribution is 2.35. The molecule has 3 heteroatoms. The second kappa shape index (κ2) is 6.17. The Morgan fingerprint density at radius 1 is 0.952 bits per heavy atom. The second-order valence-corrected chi connectivity index (χ2v) is 5.11. The molecule has 0 aliphatic rings. The highest BCUT2D eigenvalue weighted by molar-refractivity contribution is 6.04. The largest absolute Gasteiger partial charge is 0.293 e. The molecule has 1 nitrogen and oxygen atoms in total. The summed E-state index contributed by atoms with van der Waals surface area (Å²) < 4.78 is 26.5. The van der Waals surface area contributed by atoms with E-state index in [-0.39, 0.29) is 11.3 Å². The fraction of sp³-hybridized carbons (Fsp3) is 0.278. The van der Waals surface area contributed by atoms with Crippen LogP contribution in [0, 0.1) is 11.6 Å². The van der Waals surface area contributed by atoms with Crippen LogP contribution in [0.25, 0.3) is 0 Å². The van der Waals surface area contributed by atoms with Crippen molar-refractivity contribution < 1.29 is 13.6 Å². The van der Waals surface area contributed by atoms with Gasteiger partial charge in [-0.05, 0) is 36.6 Å². The lowest BCUT2D eigenvalue weighted by atomic mass is 9.70. The van der Waals surface area contributed by atoms with Gasteiger partial charge in [-0.2, -0.15) is 0 Å². The van der Waals surface area contributed by atoms with Gasteiger partial charge in [0, 0.05) is 5.56 Å². The smallest absolute Gasteiger partial charge is 0.173 e. The summed E-state index contributed by atoms with van der Waals surface area (Å²) in [4.78, 5) is 12.9. The summed E-state index contributed by atoms with van der Waals surface area (Å²) in [5.41, 5.74) is 0.414. The Bertz CT molecular complexity index is 631. The number of carbonyl (C=O) groups is 1. The molecule has 0 saturated carbocycles. The molecule has 2 aromatic carbocycles. The average molecular weight is 288 g/mol. The van der Waals surface area contributed by atoms with Crippen LogP contribution in [0.4, 0.5) is 8.78 Å². The summed E-state index contributed by atoms with van der Waals surface area (Å²) in [5, 5.41) is 0. The van der Waals surface area contributed by atoms with Gasteiger partial charge >= 0.3 is 0 Å². The zero-order valence-corrected chi connectivity index (χ0v) is 12.2. The number of hydrogen-bond acceptors (Lipinski definition) is 1. The van der Waals surface area contributed by atoms with Gasteiger partial charge in [0.2, 0.25) is 0 Å². The summed E-state index contributed by atoms with van der Waals surface area (Å²) in [6, 6.07) is 12.8. The van der Waals surface area contributed by atoms with E-state index < -0.39 is 17.0 Å². The number of halogens is 2. The third-order valence-corrected chi connectivity index (χ3v) is 4.15. The zero-order chi connectivity index (χ0) is 15.5. The molecule has 0 radical (unpaired) electrons. The van der Waals surface area contributed by atoms with Gasteiger partial charge in [-0.3, -0.25) is 4.79 Å². The number of hydrogen-bond donors (Lipinski definition) is 0. The van der Waals surface area contributed by atoms with Crippen LogP contribution in [0.5, 0.6) is 0 Å². The van der Waals surface area contributed by atoms with E-state index in [1.165, 1.54) is 6.07 Å². The predicted molar refractivity (Wildman–Crippen MR) is 79.4 cm³/mol. The van der Waals surface area contributed by atoms with Crippen molar-refractivity contribution in [2.24, 2.45) is 0 Å². The third kappa shape index (κ3) is 2.73. The summed E-state index contributed by atoms with van der Waals surface area (Å²) >= 11 is 0. The number of rotatable bonds is 5. The molecule has 0 atom stereocenters. The van der Waals surface area contributed by atoms with Gasteiger partial charge < -0.3 is 0 Å². The Morgan fingerprint density at radius 2 is 1.57 bits per heavy atom. The second-order valence-electron chi connectivity index (χ2n) is 5.11. The van der Waals surface area contributed by atoms with Crippen molar-refractivity contribution in [3.05, 3.63) is 71.3 Å². The molecule has 2 aromatic rings. The fourth-order valence-corrected chi connectivity index (χ4v) is 2.78. The molecule has 2 rings (SSSR count). The molecule has 0 aliphatic carbocycles. The summed E-state index contributed by atoms with van der Waals surface area (Å²) in [6.07, 6.45) is 1.21. The predicted octanol–water partition coefficient (Wildman–Crippen LogP) is 4.91. The summed E-state index contributed by atoms with van der Waals surface area (Å²) in [6.45, 7) is 3.88. The van der Waals surface area contributed by atoms with Crippen LogP contribution < -0.4 is 0 Å². The van der Waals surface area contributed by atoms with Crippen molar-refractivity contribution in [3.63, 3.8) is 0 Å². The third-order valence-electron chi connectivity index (χ3n) is 4.15. The minimum Gasteiger partial charge on any atom is -0.293 e. The molecule has 0 fully saturated rings. The van der Waals surface area contributed by atoms with E-state index in [2.05, 4.69) is 0 Å². The van der Waals surface area contributed by atoms with Crippen molar-refractivity contribution in [1.29, 1.82) is 0 Å². The van der Waals surface area contributed by atoms with E-state index in [1.54, 1.807) is 0 Å². The van der Waals surface area contributed by atoms with Crippen molar-refractivity contribution in [2.75, 3.05) is 0 Å². The van der Waals surface area contributed by atoms with Crippen LogP contribution in [-0.4, -0.2) is 5.78 Å². The minimum atomic E-state index is -0.991. The molecule has 0 spiro atoms. The first-order chi connectivity index (χ1) is 10.0. The number of Topliss-reactive ketones (excluding diaryl/α,β-unsaturated/α-hetero) is 1. The molecule has 0 heterocycles. The quantitative estimate of drug-likeness (QED) is 0.715. The van der Waals surface area contributed by atoms with Crippen LogP contribution in [0.1, 0.15) is 42.6 Å². The standard InChI is InChI=1S/C18H18F2O/c1-3-18(4-2,14-8-6-5-7-9-14)17(21)13-10-11-15(19)16(20)12-13/h5-12H,3-4H2,1-2H3. The zero-order valence-electron chi connectivity index (χ0n) is 12.2. The minimum absolute atomic E-state index is 0.169. The van der Waals surface area contributed by atoms with E-state index >= 15 is 0 Å². The first-order valence-electron chi connectivity index (χ1n) is 7.10. The molecule has 0 N–H and O–H groups in total. The van der Waals surface area contributed by atoms with Crippen LogP contribution in [0.15, 0.2) is 48.5 Å². The maximum atomic E-state index is 13.4. The first-order valence-corrected chi connectivity index (χ1v) is 7.10. The number of carbonyl (C=O) groups excluding carboxylic acids is 1. The fourth-order valence-electron chi connectivity index (χ4n) is 2.78. The Balaban J connectivity index is 2.52. The molecule has 0 bridgehead atoms. The molecule has 0 unspecified atom stereocenters. The van der Waals surface area contributed by atoms with Crippen LogP contribution in [-0.2, 0) is 5.41 Å². The van der Waals surface area contributed by atoms with E-state index in [0.29, 0.717) is 12.8 Å². The molecular formula is C18H18F2O. The van der Waals surface area contributed by atoms with Gasteiger partial charge in [0.25, 0.3) is 0 Å². The normalized spacial score (nSPS) is 11.4. The van der Waals surface area contributed by atoms with Crippen LogP contribution in [0.2, 0.25) is 0 Å². The molecule has 0 saturated heterocycles. The Labute approximate surface area is 123 Å². The van der Waals surface area contributed by atoms with E-state index in [9.17, 15) is 13.6 Å². The Kier molecular flexibility index (Phi) is 4.51. The van der Waals surface area contributed by atoms with Gasteiger partial charge in [0.15, 0.2) is 17.4 Å². The first kappa shape index (κ1) is 15.4. The van der Waals surface area contributed by atoms with E-state index in [0.717, 1.165) is 17.7 Å². The molecular weight excluding hydrogens is 270 g/mol. The maximum absolute atomic E-state index is 13.4. The highest BCUT2D eigenvalue weighted by Gasteiger charge is 2.37. The van der Waals surface area contributed by atoms with Gasteiger partial charge in [0.05, 0.1) is 5.41 Å². The lowest BCUT2D eigenvalue weighted by Gasteiger charge is -2.31. The number of benzene rings is 2. The summed E-state index contributed by atoms with van der Waals surface area (Å²) in [5.74, 6) is -2.10. The molecule has 0 aromatic heterocycles. The topological polar surface area (TPSA) is 17.1 Å².